The number of hydrogen-bond donors (Lipinski definition) is 3. The Bertz CT molecular complexity index is 694. The van der Waals surface area contributed by atoms with Crippen molar-refractivity contribution < 1.29 is 34.4 Å². The summed E-state index contributed by atoms with van der Waals surface area (Å²) in [6.07, 6.45) is 27.3. The van der Waals surface area contributed by atoms with Crippen LogP contribution in [0.25, 0.3) is 0 Å². The van der Waals surface area contributed by atoms with E-state index in [4.69, 9.17) is 9.47 Å². The SMILES string of the molecule is CCCCC/C=C\C[C@@H](O)[C@H](O)CCCCCCCC(=O)OC[C@H](CO)OC(=O)CCCCCCCCCCCCCC(C)C. The van der Waals surface area contributed by atoms with Gasteiger partial charge >= 0.3 is 11.9 Å². The van der Waals surface area contributed by atoms with E-state index >= 15 is 0 Å². The molecule has 0 unspecified atom stereocenters. The molecule has 0 aromatic heterocycles. The lowest BCUT2D eigenvalue weighted by Crippen LogP contribution is -2.28. The van der Waals surface area contributed by atoms with E-state index in [2.05, 4.69) is 26.8 Å². The number of carbonyl (C=O) groups excluding carboxylic acids is 2. The Morgan fingerprint density at radius 2 is 1.13 bits per heavy atom. The van der Waals surface area contributed by atoms with Crippen LogP contribution < -0.4 is 0 Å². The molecule has 0 fully saturated rings. The minimum Gasteiger partial charge on any atom is -0.462 e. The lowest BCUT2D eigenvalue weighted by molar-refractivity contribution is -0.161. The third-order valence-corrected chi connectivity index (χ3v) is 8.44. The zero-order valence-corrected chi connectivity index (χ0v) is 29.5. The van der Waals surface area contributed by atoms with Gasteiger partial charge in [-0.25, -0.2) is 0 Å². The van der Waals surface area contributed by atoms with E-state index < -0.39 is 18.3 Å². The van der Waals surface area contributed by atoms with E-state index in [9.17, 15) is 24.9 Å². The Hall–Kier alpha value is -1.44. The molecule has 0 aliphatic heterocycles. The summed E-state index contributed by atoms with van der Waals surface area (Å²) in [5.74, 6) is 0.125. The first kappa shape index (κ1) is 43.6. The highest BCUT2D eigenvalue weighted by Gasteiger charge is 2.16. The summed E-state index contributed by atoms with van der Waals surface area (Å²) in [5, 5.41) is 29.8. The maximum Gasteiger partial charge on any atom is 0.306 e. The Morgan fingerprint density at radius 3 is 1.67 bits per heavy atom. The fourth-order valence-electron chi connectivity index (χ4n) is 5.41. The number of allylic oxidation sites excluding steroid dienone is 1. The van der Waals surface area contributed by atoms with Crippen LogP contribution in [0.2, 0.25) is 0 Å². The lowest BCUT2D eigenvalue weighted by Gasteiger charge is -2.16. The smallest absolute Gasteiger partial charge is 0.306 e. The Morgan fingerprint density at radius 1 is 0.622 bits per heavy atom. The third kappa shape index (κ3) is 31.0. The molecule has 0 radical (unpaired) electrons. The quantitative estimate of drug-likeness (QED) is 0.0372. The van der Waals surface area contributed by atoms with Crippen molar-refractivity contribution in [2.24, 2.45) is 5.92 Å². The number of carbonyl (C=O) groups is 2. The molecule has 0 aliphatic carbocycles. The van der Waals surface area contributed by atoms with Crippen molar-refractivity contribution in [3.05, 3.63) is 12.2 Å². The third-order valence-electron chi connectivity index (χ3n) is 8.44. The highest BCUT2D eigenvalue weighted by Crippen LogP contribution is 2.15. The number of rotatable bonds is 33. The molecule has 0 bridgehead atoms. The van der Waals surface area contributed by atoms with E-state index in [1.54, 1.807) is 0 Å². The van der Waals surface area contributed by atoms with Gasteiger partial charge in [0.05, 0.1) is 18.8 Å². The largest absolute Gasteiger partial charge is 0.462 e. The van der Waals surface area contributed by atoms with Crippen LogP contribution >= 0.6 is 0 Å². The van der Waals surface area contributed by atoms with Gasteiger partial charge in [-0.3, -0.25) is 9.59 Å². The molecule has 45 heavy (non-hydrogen) atoms. The molecular formula is C38H72O7. The average Bonchev–Trinajstić information content (AvgIpc) is 3.02. The second-order valence-corrected chi connectivity index (χ2v) is 13.4. The van der Waals surface area contributed by atoms with Gasteiger partial charge in [-0.1, -0.05) is 142 Å². The Balaban J connectivity index is 3.68. The fraction of sp³-hybridized carbons (Fsp3) is 0.895. The number of aliphatic hydroxyl groups excluding tert-OH is 3. The molecule has 3 atom stereocenters. The highest BCUT2D eigenvalue weighted by molar-refractivity contribution is 5.70. The number of unbranched alkanes of at least 4 members (excludes halogenated alkanes) is 17. The second kappa shape index (κ2) is 32.5. The van der Waals surface area contributed by atoms with E-state index in [1.807, 2.05) is 6.08 Å². The zero-order chi connectivity index (χ0) is 33.4. The molecule has 0 saturated carbocycles. The lowest BCUT2D eigenvalue weighted by atomic mass is 10.0. The van der Waals surface area contributed by atoms with Crippen LogP contribution in [0.3, 0.4) is 0 Å². The molecule has 7 heteroatoms. The van der Waals surface area contributed by atoms with Gasteiger partial charge < -0.3 is 24.8 Å². The summed E-state index contributed by atoms with van der Waals surface area (Å²) in [7, 11) is 0. The molecular weight excluding hydrogens is 568 g/mol. The second-order valence-electron chi connectivity index (χ2n) is 13.4. The average molecular weight is 641 g/mol. The Labute approximate surface area is 276 Å². The van der Waals surface area contributed by atoms with E-state index in [0.717, 1.165) is 57.3 Å². The van der Waals surface area contributed by atoms with Gasteiger partial charge in [-0.15, -0.1) is 0 Å². The van der Waals surface area contributed by atoms with Gasteiger partial charge in [0.2, 0.25) is 0 Å². The minimum absolute atomic E-state index is 0.118. The summed E-state index contributed by atoms with van der Waals surface area (Å²) in [4.78, 5) is 24.2. The molecule has 0 rings (SSSR count). The van der Waals surface area contributed by atoms with Crippen LogP contribution in [-0.4, -0.2) is 58.8 Å². The molecule has 0 aromatic rings. The van der Waals surface area contributed by atoms with Gasteiger partial charge in [0, 0.05) is 12.8 Å². The van der Waals surface area contributed by atoms with Crippen LogP contribution in [0, 0.1) is 5.92 Å². The predicted molar refractivity (Wildman–Crippen MR) is 185 cm³/mol. The standard InChI is InChI=1S/C38H72O7/c1-4-5-6-7-17-22-27-35(40)36(41)28-23-18-15-20-24-29-37(42)44-32-34(31-39)45-38(43)30-25-19-14-12-10-8-9-11-13-16-21-26-33(2)3/h17,22,33-36,39-41H,4-16,18-21,23-32H2,1-3H3/b22-17-/t34-,35+,36+/m0/s1. The van der Waals surface area contributed by atoms with Gasteiger partial charge in [0.25, 0.3) is 0 Å². The number of esters is 2. The van der Waals surface area contributed by atoms with Crippen molar-refractivity contribution in [3.8, 4) is 0 Å². The van der Waals surface area contributed by atoms with Crippen molar-refractivity contribution in [1.29, 1.82) is 0 Å². The molecule has 0 spiro atoms. The van der Waals surface area contributed by atoms with Crippen LogP contribution in [0.15, 0.2) is 12.2 Å². The van der Waals surface area contributed by atoms with Gasteiger partial charge in [-0.2, -0.15) is 0 Å². The molecule has 0 amide bonds. The summed E-state index contributed by atoms with van der Waals surface area (Å²) in [5.41, 5.74) is 0. The summed E-state index contributed by atoms with van der Waals surface area (Å²) in [6.45, 7) is 6.28. The number of aliphatic hydroxyl groups is 3. The molecule has 0 aliphatic rings. The van der Waals surface area contributed by atoms with Crippen molar-refractivity contribution in [2.75, 3.05) is 13.2 Å². The fourth-order valence-corrected chi connectivity index (χ4v) is 5.41. The normalized spacial score (nSPS) is 13.8. The monoisotopic (exact) mass is 641 g/mol. The molecule has 0 heterocycles. The molecule has 266 valence electrons. The first-order chi connectivity index (χ1) is 21.8. The maximum absolute atomic E-state index is 12.1. The predicted octanol–water partition coefficient (Wildman–Crippen LogP) is 9.14. The van der Waals surface area contributed by atoms with Crippen molar-refractivity contribution >= 4 is 11.9 Å². The summed E-state index contributed by atoms with van der Waals surface area (Å²) in [6, 6.07) is 0. The summed E-state index contributed by atoms with van der Waals surface area (Å²) >= 11 is 0. The van der Waals surface area contributed by atoms with Crippen LogP contribution in [0.5, 0.6) is 0 Å². The summed E-state index contributed by atoms with van der Waals surface area (Å²) < 4.78 is 10.5. The number of hydrogen-bond acceptors (Lipinski definition) is 7. The molecule has 7 nitrogen and oxygen atoms in total. The van der Waals surface area contributed by atoms with E-state index in [-0.39, 0.29) is 31.6 Å². The van der Waals surface area contributed by atoms with Crippen LogP contribution in [-0.2, 0) is 19.1 Å². The van der Waals surface area contributed by atoms with Crippen molar-refractivity contribution in [2.45, 2.75) is 200 Å². The highest BCUT2D eigenvalue weighted by atomic mass is 16.6. The number of ether oxygens (including phenoxy) is 2. The van der Waals surface area contributed by atoms with Gasteiger partial charge in [0.15, 0.2) is 6.10 Å². The van der Waals surface area contributed by atoms with E-state index in [0.29, 0.717) is 25.7 Å². The van der Waals surface area contributed by atoms with Crippen LogP contribution in [0.4, 0.5) is 0 Å². The van der Waals surface area contributed by atoms with Crippen molar-refractivity contribution in [1.82, 2.24) is 0 Å². The topological polar surface area (TPSA) is 113 Å². The Kier molecular flexibility index (Phi) is 31.5. The van der Waals surface area contributed by atoms with Crippen LogP contribution in [0.1, 0.15) is 181 Å². The zero-order valence-electron chi connectivity index (χ0n) is 29.5. The van der Waals surface area contributed by atoms with Gasteiger partial charge in [0.1, 0.15) is 6.61 Å². The van der Waals surface area contributed by atoms with Crippen molar-refractivity contribution in [3.63, 3.8) is 0 Å². The molecule has 0 aromatic carbocycles. The maximum atomic E-state index is 12.1. The van der Waals surface area contributed by atoms with Gasteiger partial charge in [-0.05, 0) is 44.4 Å². The first-order valence-corrected chi connectivity index (χ1v) is 18.8. The van der Waals surface area contributed by atoms with E-state index in [1.165, 1.54) is 77.0 Å². The first-order valence-electron chi connectivity index (χ1n) is 18.8. The minimum atomic E-state index is -0.815. The molecule has 0 saturated heterocycles. The molecule has 3 N–H and O–H groups in total.